The fourth-order valence-electron chi connectivity index (χ4n) is 1.68. The molecule has 1 aliphatic rings. The molecule has 2 N–H and O–H groups in total. The Hall–Kier alpha value is -1.30. The third-order valence-corrected chi connectivity index (χ3v) is 2.80. The maximum absolute atomic E-state index is 11.8. The van der Waals surface area contributed by atoms with Crippen LogP contribution in [-0.2, 0) is 9.53 Å². The van der Waals surface area contributed by atoms with E-state index in [9.17, 15) is 9.59 Å². The Bertz CT molecular complexity index is 279. The van der Waals surface area contributed by atoms with Gasteiger partial charge in [0.15, 0.2) is 0 Å². The molecular formula is C11H20N2O4. The van der Waals surface area contributed by atoms with E-state index >= 15 is 0 Å². The summed E-state index contributed by atoms with van der Waals surface area (Å²) >= 11 is 0. The lowest BCUT2D eigenvalue weighted by Crippen LogP contribution is -2.49. The quantitative estimate of drug-likeness (QED) is 0.690. The van der Waals surface area contributed by atoms with Crippen molar-refractivity contribution in [1.82, 2.24) is 10.2 Å². The van der Waals surface area contributed by atoms with Crippen LogP contribution >= 0.6 is 0 Å². The molecule has 0 aromatic rings. The van der Waals surface area contributed by atoms with Gasteiger partial charge in [-0.15, -0.1) is 0 Å². The van der Waals surface area contributed by atoms with Gasteiger partial charge in [-0.1, -0.05) is 0 Å². The zero-order valence-electron chi connectivity index (χ0n) is 10.3. The third-order valence-electron chi connectivity index (χ3n) is 2.80. The maximum Gasteiger partial charge on any atom is 0.326 e. The van der Waals surface area contributed by atoms with Crippen molar-refractivity contribution in [2.24, 2.45) is 0 Å². The average Bonchev–Trinajstić information content (AvgIpc) is 3.09. The highest BCUT2D eigenvalue weighted by Gasteiger charge is 2.33. The summed E-state index contributed by atoms with van der Waals surface area (Å²) in [6.07, 6.45) is 2.30. The lowest BCUT2D eigenvalue weighted by atomic mass is 10.2. The van der Waals surface area contributed by atoms with Gasteiger partial charge in [-0.05, 0) is 19.8 Å². The van der Waals surface area contributed by atoms with Crippen LogP contribution in [0, 0.1) is 0 Å². The molecule has 1 unspecified atom stereocenters. The molecule has 6 nitrogen and oxygen atoms in total. The van der Waals surface area contributed by atoms with Gasteiger partial charge in [0.1, 0.15) is 6.04 Å². The number of carbonyl (C=O) groups excluding carboxylic acids is 1. The second-order valence-corrected chi connectivity index (χ2v) is 4.14. The number of hydrogen-bond donors (Lipinski definition) is 2. The van der Waals surface area contributed by atoms with Gasteiger partial charge in [0, 0.05) is 32.7 Å². The summed E-state index contributed by atoms with van der Waals surface area (Å²) in [4.78, 5) is 24.5. The van der Waals surface area contributed by atoms with E-state index in [-0.39, 0.29) is 18.5 Å². The SMILES string of the molecule is CCN(C(=O)NC(CCOC)C(=O)O)C1CC1. The van der Waals surface area contributed by atoms with E-state index in [1.54, 1.807) is 4.90 Å². The van der Waals surface area contributed by atoms with Crippen LogP contribution in [0.15, 0.2) is 0 Å². The van der Waals surface area contributed by atoms with E-state index in [0.29, 0.717) is 13.2 Å². The van der Waals surface area contributed by atoms with Crippen LogP contribution in [-0.4, -0.2) is 54.4 Å². The van der Waals surface area contributed by atoms with E-state index < -0.39 is 12.0 Å². The number of nitrogens with zero attached hydrogens (tertiary/aromatic N) is 1. The molecule has 6 heteroatoms. The number of carboxylic acid groups (broad SMARTS) is 1. The van der Waals surface area contributed by atoms with Crippen LogP contribution in [0.3, 0.4) is 0 Å². The number of nitrogens with one attached hydrogen (secondary N) is 1. The van der Waals surface area contributed by atoms with Crippen molar-refractivity contribution in [2.75, 3.05) is 20.3 Å². The second kappa shape index (κ2) is 6.44. The molecule has 0 aromatic heterocycles. The fourth-order valence-corrected chi connectivity index (χ4v) is 1.68. The van der Waals surface area contributed by atoms with Crippen LogP contribution in [0.5, 0.6) is 0 Å². The fraction of sp³-hybridized carbons (Fsp3) is 0.818. The van der Waals surface area contributed by atoms with Gasteiger partial charge in [-0.25, -0.2) is 9.59 Å². The predicted molar refractivity (Wildman–Crippen MR) is 61.9 cm³/mol. The van der Waals surface area contributed by atoms with Crippen molar-refractivity contribution in [3.05, 3.63) is 0 Å². The summed E-state index contributed by atoms with van der Waals surface area (Å²) in [5.74, 6) is -1.03. The van der Waals surface area contributed by atoms with Crippen molar-refractivity contribution in [1.29, 1.82) is 0 Å². The van der Waals surface area contributed by atoms with Gasteiger partial charge < -0.3 is 20.1 Å². The first-order chi connectivity index (χ1) is 8.10. The number of urea groups is 1. The van der Waals surface area contributed by atoms with Gasteiger partial charge >= 0.3 is 12.0 Å². The number of ether oxygens (including phenoxy) is 1. The van der Waals surface area contributed by atoms with Crippen molar-refractivity contribution in [3.8, 4) is 0 Å². The summed E-state index contributed by atoms with van der Waals surface area (Å²) in [7, 11) is 1.50. The Morgan fingerprint density at radius 1 is 1.53 bits per heavy atom. The summed E-state index contributed by atoms with van der Waals surface area (Å²) < 4.78 is 4.82. The minimum Gasteiger partial charge on any atom is -0.480 e. The molecule has 0 bridgehead atoms. The van der Waals surface area contributed by atoms with Crippen molar-refractivity contribution in [3.63, 3.8) is 0 Å². The van der Waals surface area contributed by atoms with Crippen LogP contribution in [0.2, 0.25) is 0 Å². The molecule has 1 fully saturated rings. The lowest BCUT2D eigenvalue weighted by Gasteiger charge is -2.23. The monoisotopic (exact) mass is 244 g/mol. The number of amides is 2. The van der Waals surface area contributed by atoms with E-state index in [1.807, 2.05) is 6.92 Å². The van der Waals surface area contributed by atoms with Crippen molar-refractivity contribution < 1.29 is 19.4 Å². The summed E-state index contributed by atoms with van der Waals surface area (Å²) in [6.45, 7) is 2.81. The smallest absolute Gasteiger partial charge is 0.326 e. The van der Waals surface area contributed by atoms with Gasteiger partial charge in [-0.2, -0.15) is 0 Å². The van der Waals surface area contributed by atoms with Gasteiger partial charge in [0.05, 0.1) is 0 Å². The lowest BCUT2D eigenvalue weighted by molar-refractivity contribution is -0.139. The highest BCUT2D eigenvalue weighted by molar-refractivity contribution is 5.82. The van der Waals surface area contributed by atoms with Crippen LogP contribution in [0.4, 0.5) is 4.79 Å². The maximum atomic E-state index is 11.8. The number of rotatable bonds is 7. The molecule has 98 valence electrons. The highest BCUT2D eigenvalue weighted by Crippen LogP contribution is 2.26. The Morgan fingerprint density at radius 3 is 2.59 bits per heavy atom. The molecule has 0 aromatic carbocycles. The molecular weight excluding hydrogens is 224 g/mol. The molecule has 0 spiro atoms. The molecule has 0 heterocycles. The van der Waals surface area contributed by atoms with E-state index in [2.05, 4.69) is 5.32 Å². The largest absolute Gasteiger partial charge is 0.480 e. The molecule has 0 aliphatic heterocycles. The molecule has 1 aliphatic carbocycles. The zero-order chi connectivity index (χ0) is 12.8. The first kappa shape index (κ1) is 13.8. The molecule has 2 amide bonds. The van der Waals surface area contributed by atoms with Crippen molar-refractivity contribution in [2.45, 2.75) is 38.3 Å². The van der Waals surface area contributed by atoms with Crippen LogP contribution in [0.25, 0.3) is 0 Å². The molecule has 1 saturated carbocycles. The van der Waals surface area contributed by atoms with Crippen molar-refractivity contribution >= 4 is 12.0 Å². The molecule has 1 atom stereocenters. The topological polar surface area (TPSA) is 78.9 Å². The zero-order valence-corrected chi connectivity index (χ0v) is 10.3. The second-order valence-electron chi connectivity index (χ2n) is 4.14. The van der Waals surface area contributed by atoms with Crippen LogP contribution < -0.4 is 5.32 Å². The van der Waals surface area contributed by atoms with E-state index in [4.69, 9.17) is 9.84 Å². The van der Waals surface area contributed by atoms with Crippen LogP contribution in [0.1, 0.15) is 26.2 Å². The van der Waals surface area contributed by atoms with Gasteiger partial charge in [0.25, 0.3) is 0 Å². The number of carboxylic acids is 1. The predicted octanol–water partition coefficient (Wildman–Crippen LogP) is 0.670. The highest BCUT2D eigenvalue weighted by atomic mass is 16.5. The number of aliphatic carboxylic acids is 1. The third kappa shape index (κ3) is 4.22. The molecule has 0 radical (unpaired) electrons. The molecule has 0 saturated heterocycles. The first-order valence-electron chi connectivity index (χ1n) is 5.89. The Morgan fingerprint density at radius 2 is 2.18 bits per heavy atom. The van der Waals surface area contributed by atoms with E-state index in [0.717, 1.165) is 12.8 Å². The Balaban J connectivity index is 2.46. The van der Waals surface area contributed by atoms with Gasteiger partial charge in [0.2, 0.25) is 0 Å². The first-order valence-corrected chi connectivity index (χ1v) is 5.89. The van der Waals surface area contributed by atoms with Gasteiger partial charge in [-0.3, -0.25) is 0 Å². The molecule has 1 rings (SSSR count). The standard InChI is InChI=1S/C11H20N2O4/c1-3-13(8-4-5-8)11(16)12-9(10(14)15)6-7-17-2/h8-9H,3-7H2,1-2H3,(H,12,16)(H,14,15). The summed E-state index contributed by atoms with van der Waals surface area (Å²) in [6, 6.07) is -0.884. The minimum atomic E-state index is -1.03. The average molecular weight is 244 g/mol. The Labute approximate surface area is 101 Å². The summed E-state index contributed by atoms with van der Waals surface area (Å²) in [5.41, 5.74) is 0. The molecule has 17 heavy (non-hydrogen) atoms. The van der Waals surface area contributed by atoms with E-state index in [1.165, 1.54) is 7.11 Å². The Kier molecular flexibility index (Phi) is 5.21. The normalized spacial score (nSPS) is 16.4. The number of carbonyl (C=O) groups is 2. The minimum absolute atomic E-state index is 0.278. The number of hydrogen-bond acceptors (Lipinski definition) is 3. The number of methoxy groups -OCH3 is 1. The summed E-state index contributed by atoms with van der Waals surface area (Å²) in [5, 5.41) is 11.5.